The van der Waals surface area contributed by atoms with Crippen LogP contribution < -0.4 is 5.73 Å². The highest BCUT2D eigenvalue weighted by Crippen LogP contribution is 2.25. The number of rotatable bonds is 6. The molecule has 0 saturated carbocycles. The Labute approximate surface area is 114 Å². The van der Waals surface area contributed by atoms with Gasteiger partial charge in [0.25, 0.3) is 0 Å². The van der Waals surface area contributed by atoms with Gasteiger partial charge in [-0.3, -0.25) is 0 Å². The quantitative estimate of drug-likeness (QED) is 0.849. The third-order valence-electron chi connectivity index (χ3n) is 3.59. The van der Waals surface area contributed by atoms with E-state index in [2.05, 4.69) is 29.9 Å². The SMILES string of the molecule is Cn1cccc1C(CCN)CCc1cccc(F)c1. The molecule has 0 spiro atoms. The van der Waals surface area contributed by atoms with E-state index in [4.69, 9.17) is 5.73 Å². The second-order valence-electron chi connectivity index (χ2n) is 4.99. The molecule has 1 unspecified atom stereocenters. The molecule has 0 aliphatic carbocycles. The molecule has 0 aliphatic heterocycles. The van der Waals surface area contributed by atoms with Gasteiger partial charge >= 0.3 is 0 Å². The molecule has 2 rings (SSSR count). The summed E-state index contributed by atoms with van der Waals surface area (Å²) in [7, 11) is 2.06. The van der Waals surface area contributed by atoms with Crippen LogP contribution in [0.5, 0.6) is 0 Å². The van der Waals surface area contributed by atoms with E-state index < -0.39 is 0 Å². The molecule has 1 atom stereocenters. The second kappa shape index (κ2) is 6.53. The normalized spacial score (nSPS) is 12.6. The molecule has 2 aromatic rings. The number of hydrogen-bond donors (Lipinski definition) is 1. The molecule has 19 heavy (non-hydrogen) atoms. The summed E-state index contributed by atoms with van der Waals surface area (Å²) in [5, 5.41) is 0. The first-order chi connectivity index (χ1) is 9.20. The Morgan fingerprint density at radius 2 is 2.05 bits per heavy atom. The summed E-state index contributed by atoms with van der Waals surface area (Å²) in [5.74, 6) is 0.278. The zero-order valence-electron chi connectivity index (χ0n) is 11.3. The summed E-state index contributed by atoms with van der Waals surface area (Å²) >= 11 is 0. The molecule has 0 saturated heterocycles. The summed E-state index contributed by atoms with van der Waals surface area (Å²) in [6, 6.07) is 11.0. The van der Waals surface area contributed by atoms with E-state index in [0.717, 1.165) is 24.8 Å². The van der Waals surface area contributed by atoms with Crippen LogP contribution in [0.1, 0.15) is 30.0 Å². The minimum absolute atomic E-state index is 0.160. The summed E-state index contributed by atoms with van der Waals surface area (Å²) in [6.07, 6.45) is 4.90. The molecule has 0 aliphatic rings. The lowest BCUT2D eigenvalue weighted by Gasteiger charge is -2.17. The lowest BCUT2D eigenvalue weighted by atomic mass is 9.93. The Balaban J connectivity index is 2.04. The van der Waals surface area contributed by atoms with Crippen LogP contribution in [0.4, 0.5) is 4.39 Å². The number of aryl methyl sites for hydroxylation is 2. The Morgan fingerprint density at radius 1 is 1.21 bits per heavy atom. The largest absolute Gasteiger partial charge is 0.354 e. The molecule has 1 heterocycles. The van der Waals surface area contributed by atoms with Crippen molar-refractivity contribution in [2.75, 3.05) is 6.54 Å². The summed E-state index contributed by atoms with van der Waals surface area (Å²) in [4.78, 5) is 0. The highest BCUT2D eigenvalue weighted by molar-refractivity contribution is 5.18. The van der Waals surface area contributed by atoms with Gasteiger partial charge in [0, 0.05) is 24.9 Å². The number of nitrogens with two attached hydrogens (primary N) is 1. The van der Waals surface area contributed by atoms with Gasteiger partial charge in [0.2, 0.25) is 0 Å². The zero-order valence-corrected chi connectivity index (χ0v) is 11.3. The van der Waals surface area contributed by atoms with Gasteiger partial charge in [0.05, 0.1) is 0 Å². The third-order valence-corrected chi connectivity index (χ3v) is 3.59. The third kappa shape index (κ3) is 3.67. The fourth-order valence-corrected chi connectivity index (χ4v) is 2.57. The predicted octanol–water partition coefficient (Wildman–Crippen LogP) is 3.23. The predicted molar refractivity (Wildman–Crippen MR) is 76.5 cm³/mol. The molecular weight excluding hydrogens is 239 g/mol. The van der Waals surface area contributed by atoms with Gasteiger partial charge in [-0.1, -0.05) is 12.1 Å². The van der Waals surface area contributed by atoms with Gasteiger partial charge in [-0.15, -0.1) is 0 Å². The van der Waals surface area contributed by atoms with Crippen molar-refractivity contribution in [2.45, 2.75) is 25.2 Å². The Morgan fingerprint density at radius 3 is 2.68 bits per heavy atom. The molecule has 0 radical (unpaired) electrons. The molecule has 1 aromatic heterocycles. The van der Waals surface area contributed by atoms with Crippen molar-refractivity contribution in [1.82, 2.24) is 4.57 Å². The first-order valence-electron chi connectivity index (χ1n) is 6.76. The van der Waals surface area contributed by atoms with Gasteiger partial charge in [0.15, 0.2) is 0 Å². The lowest BCUT2D eigenvalue weighted by Crippen LogP contribution is -2.11. The summed E-state index contributed by atoms with van der Waals surface area (Å²) in [6.45, 7) is 0.680. The molecular formula is C16H21FN2. The maximum atomic E-state index is 13.2. The van der Waals surface area contributed by atoms with E-state index in [1.54, 1.807) is 12.1 Å². The fraction of sp³-hybridized carbons (Fsp3) is 0.375. The topological polar surface area (TPSA) is 30.9 Å². The van der Waals surface area contributed by atoms with Crippen molar-refractivity contribution < 1.29 is 4.39 Å². The Kier molecular flexibility index (Phi) is 4.74. The van der Waals surface area contributed by atoms with Crippen LogP contribution in [0.2, 0.25) is 0 Å². The van der Waals surface area contributed by atoms with Crippen LogP contribution in [-0.4, -0.2) is 11.1 Å². The van der Waals surface area contributed by atoms with Crippen LogP contribution in [-0.2, 0) is 13.5 Å². The summed E-state index contributed by atoms with van der Waals surface area (Å²) in [5.41, 5.74) is 8.07. The molecule has 3 heteroatoms. The summed E-state index contributed by atoms with van der Waals surface area (Å²) < 4.78 is 15.3. The minimum Gasteiger partial charge on any atom is -0.354 e. The number of halogens is 1. The van der Waals surface area contributed by atoms with Gasteiger partial charge in [-0.25, -0.2) is 4.39 Å². The maximum absolute atomic E-state index is 13.2. The number of nitrogens with zero attached hydrogens (tertiary/aromatic N) is 1. The molecule has 0 bridgehead atoms. The fourth-order valence-electron chi connectivity index (χ4n) is 2.57. The van der Waals surface area contributed by atoms with Gasteiger partial charge in [-0.05, 0) is 55.6 Å². The van der Waals surface area contributed by atoms with Crippen LogP contribution in [0.3, 0.4) is 0 Å². The van der Waals surface area contributed by atoms with Crippen LogP contribution in [0.25, 0.3) is 0 Å². The van der Waals surface area contributed by atoms with Crippen LogP contribution in [0, 0.1) is 5.82 Å². The monoisotopic (exact) mass is 260 g/mol. The van der Waals surface area contributed by atoms with Gasteiger partial charge < -0.3 is 10.3 Å². The van der Waals surface area contributed by atoms with Crippen molar-refractivity contribution in [3.63, 3.8) is 0 Å². The van der Waals surface area contributed by atoms with E-state index in [-0.39, 0.29) is 5.82 Å². The van der Waals surface area contributed by atoms with E-state index in [0.29, 0.717) is 12.5 Å². The van der Waals surface area contributed by atoms with Gasteiger partial charge in [-0.2, -0.15) is 0 Å². The van der Waals surface area contributed by atoms with Gasteiger partial charge in [0.1, 0.15) is 5.82 Å². The average molecular weight is 260 g/mol. The first kappa shape index (κ1) is 13.8. The Hall–Kier alpha value is -1.61. The minimum atomic E-state index is -0.160. The zero-order chi connectivity index (χ0) is 13.7. The number of benzene rings is 1. The standard InChI is InChI=1S/C16H21FN2/c1-19-11-3-6-16(19)14(9-10-18)8-7-13-4-2-5-15(17)12-13/h2-6,11-12,14H,7-10,18H2,1H3. The molecule has 2 nitrogen and oxygen atoms in total. The van der Waals surface area contributed by atoms with Crippen molar-refractivity contribution in [3.05, 3.63) is 59.7 Å². The van der Waals surface area contributed by atoms with E-state index >= 15 is 0 Å². The van der Waals surface area contributed by atoms with Crippen LogP contribution >= 0.6 is 0 Å². The van der Waals surface area contributed by atoms with Crippen molar-refractivity contribution >= 4 is 0 Å². The first-order valence-corrected chi connectivity index (χ1v) is 6.76. The van der Waals surface area contributed by atoms with Crippen molar-refractivity contribution in [2.24, 2.45) is 12.8 Å². The lowest BCUT2D eigenvalue weighted by molar-refractivity contribution is 0.550. The van der Waals surface area contributed by atoms with E-state index in [9.17, 15) is 4.39 Å². The average Bonchev–Trinajstić information content (AvgIpc) is 2.81. The smallest absolute Gasteiger partial charge is 0.123 e. The van der Waals surface area contributed by atoms with E-state index in [1.165, 1.54) is 11.8 Å². The van der Waals surface area contributed by atoms with Crippen LogP contribution in [0.15, 0.2) is 42.6 Å². The second-order valence-corrected chi connectivity index (χ2v) is 4.99. The maximum Gasteiger partial charge on any atom is 0.123 e. The number of aromatic nitrogens is 1. The highest BCUT2D eigenvalue weighted by atomic mass is 19.1. The van der Waals surface area contributed by atoms with Crippen molar-refractivity contribution in [3.8, 4) is 0 Å². The highest BCUT2D eigenvalue weighted by Gasteiger charge is 2.13. The van der Waals surface area contributed by atoms with Crippen molar-refractivity contribution in [1.29, 1.82) is 0 Å². The van der Waals surface area contributed by atoms with E-state index in [1.807, 2.05) is 6.07 Å². The number of hydrogen-bond acceptors (Lipinski definition) is 1. The molecule has 1 aromatic carbocycles. The molecule has 0 amide bonds. The Bertz CT molecular complexity index is 519. The molecule has 102 valence electrons. The molecule has 2 N–H and O–H groups in total. The molecule has 0 fully saturated rings.